The Balaban J connectivity index is 1.55. The average molecular weight is 322 g/mol. The van der Waals surface area contributed by atoms with Crippen LogP contribution in [0.2, 0.25) is 0 Å². The molecule has 0 aliphatic carbocycles. The van der Waals surface area contributed by atoms with Crippen molar-refractivity contribution >= 4 is 5.91 Å². The molecule has 23 heavy (non-hydrogen) atoms. The molecular formula is C19H35N3O. The Labute approximate surface area is 142 Å². The third-order valence-electron chi connectivity index (χ3n) is 6.16. The molecule has 2 atom stereocenters. The Morgan fingerprint density at radius 1 is 0.957 bits per heavy atom. The van der Waals surface area contributed by atoms with Crippen molar-refractivity contribution in [3.05, 3.63) is 0 Å². The van der Waals surface area contributed by atoms with Crippen LogP contribution in [-0.2, 0) is 4.79 Å². The number of hydrogen-bond acceptors (Lipinski definition) is 3. The molecule has 0 aromatic heterocycles. The maximum absolute atomic E-state index is 13.1. The fraction of sp³-hybridized carbons (Fsp3) is 0.947. The van der Waals surface area contributed by atoms with Gasteiger partial charge in [-0.25, -0.2) is 0 Å². The lowest BCUT2D eigenvalue weighted by molar-refractivity contribution is -0.139. The second-order valence-electron chi connectivity index (χ2n) is 8.40. The smallest absolute Gasteiger partial charge is 0.226 e. The molecular weight excluding hydrogens is 286 g/mol. The molecule has 132 valence electrons. The first-order chi connectivity index (χ1) is 11.1. The van der Waals surface area contributed by atoms with Crippen molar-refractivity contribution in [1.82, 2.24) is 14.7 Å². The van der Waals surface area contributed by atoms with Gasteiger partial charge in [0.1, 0.15) is 0 Å². The molecule has 2 unspecified atom stereocenters. The molecule has 0 saturated carbocycles. The number of likely N-dealkylation sites (tertiary alicyclic amines) is 3. The molecule has 0 aromatic carbocycles. The molecule has 4 heteroatoms. The lowest BCUT2D eigenvalue weighted by atomic mass is 9.93. The van der Waals surface area contributed by atoms with E-state index in [1.54, 1.807) is 0 Å². The molecule has 4 nitrogen and oxygen atoms in total. The van der Waals surface area contributed by atoms with E-state index in [1.165, 1.54) is 38.8 Å². The lowest BCUT2D eigenvalue weighted by Crippen LogP contribution is -2.50. The summed E-state index contributed by atoms with van der Waals surface area (Å²) in [5.41, 5.74) is 0. The van der Waals surface area contributed by atoms with Crippen LogP contribution in [0.25, 0.3) is 0 Å². The molecule has 3 aliphatic rings. The van der Waals surface area contributed by atoms with Crippen molar-refractivity contribution in [2.24, 2.45) is 11.8 Å². The molecule has 0 spiro atoms. The van der Waals surface area contributed by atoms with Crippen molar-refractivity contribution in [3.63, 3.8) is 0 Å². The summed E-state index contributed by atoms with van der Waals surface area (Å²) in [4.78, 5) is 20.4. The molecule has 0 bridgehead atoms. The number of likely N-dealkylation sites (N-methyl/N-ethyl adjacent to an activating group) is 1. The van der Waals surface area contributed by atoms with Crippen LogP contribution >= 0.6 is 0 Å². The highest BCUT2D eigenvalue weighted by atomic mass is 16.2. The van der Waals surface area contributed by atoms with E-state index in [0.717, 1.165) is 38.4 Å². The molecule has 0 N–H and O–H groups in total. The van der Waals surface area contributed by atoms with Crippen LogP contribution in [0.3, 0.4) is 0 Å². The number of piperidine rings is 1. The molecule has 3 heterocycles. The minimum atomic E-state index is 0.283. The highest BCUT2D eigenvalue weighted by molar-refractivity contribution is 5.79. The zero-order chi connectivity index (χ0) is 16.4. The molecule has 0 aromatic rings. The summed E-state index contributed by atoms with van der Waals surface area (Å²) < 4.78 is 0. The monoisotopic (exact) mass is 321 g/mol. The van der Waals surface area contributed by atoms with Crippen LogP contribution < -0.4 is 0 Å². The second-order valence-corrected chi connectivity index (χ2v) is 8.40. The predicted molar refractivity (Wildman–Crippen MR) is 94.4 cm³/mol. The van der Waals surface area contributed by atoms with Gasteiger partial charge in [-0.3, -0.25) is 4.79 Å². The highest BCUT2D eigenvalue weighted by Crippen LogP contribution is 2.31. The standard InChI is InChI=1S/C19H35N3O/c1-15(2)14-21-12-8-16(9-13-21)19(23)22-11-5-7-18(22)17-6-4-10-20(17)3/h15-18H,4-14H2,1-3H3. The maximum atomic E-state index is 13.1. The SMILES string of the molecule is CC(C)CN1CCC(C(=O)N2CCCC2C2CCCN2C)CC1. The van der Waals surface area contributed by atoms with E-state index < -0.39 is 0 Å². The summed E-state index contributed by atoms with van der Waals surface area (Å²) in [5.74, 6) is 1.48. The summed E-state index contributed by atoms with van der Waals surface area (Å²) in [6.45, 7) is 10.2. The van der Waals surface area contributed by atoms with Crippen molar-refractivity contribution in [3.8, 4) is 0 Å². The number of carbonyl (C=O) groups excluding carboxylic acids is 1. The van der Waals surface area contributed by atoms with E-state index in [4.69, 9.17) is 0 Å². The summed E-state index contributed by atoms with van der Waals surface area (Å²) in [5, 5.41) is 0. The topological polar surface area (TPSA) is 26.8 Å². The third-order valence-corrected chi connectivity index (χ3v) is 6.16. The van der Waals surface area contributed by atoms with Gasteiger partial charge in [-0.15, -0.1) is 0 Å². The largest absolute Gasteiger partial charge is 0.338 e. The van der Waals surface area contributed by atoms with Gasteiger partial charge in [0.25, 0.3) is 0 Å². The number of hydrogen-bond donors (Lipinski definition) is 0. The Morgan fingerprint density at radius 3 is 2.22 bits per heavy atom. The molecule has 3 saturated heterocycles. The Kier molecular flexibility index (Phi) is 5.63. The van der Waals surface area contributed by atoms with Crippen molar-refractivity contribution in [2.75, 3.05) is 39.8 Å². The predicted octanol–water partition coefficient (Wildman–Crippen LogP) is 2.44. The molecule has 3 rings (SSSR count). The quantitative estimate of drug-likeness (QED) is 0.796. The first-order valence-corrected chi connectivity index (χ1v) is 9.79. The number of carbonyl (C=O) groups is 1. The maximum Gasteiger partial charge on any atom is 0.226 e. The minimum Gasteiger partial charge on any atom is -0.338 e. The van der Waals surface area contributed by atoms with Crippen molar-refractivity contribution in [2.45, 2.75) is 64.5 Å². The lowest BCUT2D eigenvalue weighted by Gasteiger charge is -2.38. The zero-order valence-corrected chi connectivity index (χ0v) is 15.3. The van der Waals surface area contributed by atoms with Gasteiger partial charge in [0.05, 0.1) is 0 Å². The summed E-state index contributed by atoms with van der Waals surface area (Å²) in [6, 6.07) is 1.10. The minimum absolute atomic E-state index is 0.283. The zero-order valence-electron chi connectivity index (χ0n) is 15.3. The molecule has 3 aliphatic heterocycles. The normalized spacial score (nSPS) is 31.4. The van der Waals surface area contributed by atoms with Crippen molar-refractivity contribution < 1.29 is 4.79 Å². The van der Waals surface area contributed by atoms with E-state index in [-0.39, 0.29) is 5.92 Å². The summed E-state index contributed by atoms with van der Waals surface area (Å²) in [7, 11) is 2.24. The van der Waals surface area contributed by atoms with E-state index in [9.17, 15) is 4.79 Å². The summed E-state index contributed by atoms with van der Waals surface area (Å²) in [6.07, 6.45) is 7.12. The van der Waals surface area contributed by atoms with Gasteiger partial charge in [-0.2, -0.15) is 0 Å². The molecule has 0 radical (unpaired) electrons. The van der Waals surface area contributed by atoms with E-state index >= 15 is 0 Å². The molecule has 1 amide bonds. The van der Waals surface area contributed by atoms with Crippen LogP contribution in [-0.4, -0.2) is 72.5 Å². The van der Waals surface area contributed by atoms with E-state index in [2.05, 4.69) is 35.6 Å². The van der Waals surface area contributed by atoms with Gasteiger partial charge in [0.15, 0.2) is 0 Å². The first-order valence-electron chi connectivity index (χ1n) is 9.79. The fourth-order valence-corrected chi connectivity index (χ4v) is 5.00. The van der Waals surface area contributed by atoms with Crippen LogP contribution in [0, 0.1) is 11.8 Å². The highest BCUT2D eigenvalue weighted by Gasteiger charge is 2.40. The van der Waals surface area contributed by atoms with Gasteiger partial charge >= 0.3 is 0 Å². The Hall–Kier alpha value is -0.610. The average Bonchev–Trinajstić information content (AvgIpc) is 3.15. The first kappa shape index (κ1) is 17.2. The van der Waals surface area contributed by atoms with Gasteiger partial charge in [0.2, 0.25) is 5.91 Å². The number of rotatable bonds is 4. The van der Waals surface area contributed by atoms with Gasteiger partial charge in [-0.1, -0.05) is 13.8 Å². The van der Waals surface area contributed by atoms with Crippen LogP contribution in [0.15, 0.2) is 0 Å². The van der Waals surface area contributed by atoms with Crippen molar-refractivity contribution in [1.29, 1.82) is 0 Å². The molecule has 3 fully saturated rings. The van der Waals surface area contributed by atoms with Crippen LogP contribution in [0.4, 0.5) is 0 Å². The second kappa shape index (κ2) is 7.52. The van der Waals surface area contributed by atoms with E-state index in [0.29, 0.717) is 18.0 Å². The Morgan fingerprint density at radius 2 is 1.61 bits per heavy atom. The fourth-order valence-electron chi connectivity index (χ4n) is 5.00. The van der Waals surface area contributed by atoms with Gasteiger partial charge < -0.3 is 14.7 Å². The summed E-state index contributed by atoms with van der Waals surface area (Å²) >= 11 is 0. The van der Waals surface area contributed by atoms with Gasteiger partial charge in [0, 0.05) is 31.1 Å². The number of amides is 1. The van der Waals surface area contributed by atoms with E-state index in [1.807, 2.05) is 0 Å². The van der Waals surface area contributed by atoms with Crippen LogP contribution in [0.5, 0.6) is 0 Å². The Bertz CT molecular complexity index is 403. The number of nitrogens with zero attached hydrogens (tertiary/aromatic N) is 3. The third kappa shape index (κ3) is 3.90. The van der Waals surface area contributed by atoms with Gasteiger partial charge in [-0.05, 0) is 71.1 Å². The van der Waals surface area contributed by atoms with Crippen LogP contribution in [0.1, 0.15) is 52.4 Å².